The lowest BCUT2D eigenvalue weighted by atomic mass is 9.85. The van der Waals surface area contributed by atoms with E-state index in [4.69, 9.17) is 0 Å². The predicted molar refractivity (Wildman–Crippen MR) is 81.3 cm³/mol. The Labute approximate surface area is 113 Å². The van der Waals surface area contributed by atoms with Gasteiger partial charge in [0.1, 0.15) is 0 Å². The number of hydrogen-bond acceptors (Lipinski definition) is 1. The normalized spacial score (nSPS) is 15.5. The van der Waals surface area contributed by atoms with Crippen LogP contribution in [0.5, 0.6) is 0 Å². The number of benzene rings is 1. The van der Waals surface area contributed by atoms with Crippen LogP contribution in [0.4, 0.5) is 0 Å². The van der Waals surface area contributed by atoms with Crippen LogP contribution in [0, 0.1) is 19.8 Å². The van der Waals surface area contributed by atoms with Crippen LogP contribution in [-0.4, -0.2) is 12.1 Å². The van der Waals surface area contributed by atoms with Crippen molar-refractivity contribution in [1.29, 1.82) is 0 Å². The summed E-state index contributed by atoms with van der Waals surface area (Å²) in [5, 5.41) is 3.61. The lowest BCUT2D eigenvalue weighted by Gasteiger charge is -2.27. The summed E-state index contributed by atoms with van der Waals surface area (Å²) in [4.78, 5) is 0. The summed E-state index contributed by atoms with van der Waals surface area (Å²) < 4.78 is 0. The Morgan fingerprint density at radius 2 is 1.72 bits per heavy atom. The Morgan fingerprint density at radius 1 is 1.11 bits per heavy atom. The molecule has 0 spiro atoms. The monoisotopic (exact) mass is 247 g/mol. The van der Waals surface area contributed by atoms with Crippen LogP contribution >= 0.6 is 0 Å². The lowest BCUT2D eigenvalue weighted by molar-refractivity contribution is 0.359. The quantitative estimate of drug-likeness (QED) is 0.830. The van der Waals surface area contributed by atoms with Crippen molar-refractivity contribution in [3.63, 3.8) is 0 Å². The Balaban J connectivity index is 2.74. The average Bonchev–Trinajstić information content (AvgIpc) is 2.27. The molecule has 0 heterocycles. The van der Waals surface area contributed by atoms with Gasteiger partial charge in [-0.25, -0.2) is 0 Å². The van der Waals surface area contributed by atoms with E-state index in [2.05, 4.69) is 72.0 Å². The van der Waals surface area contributed by atoms with Gasteiger partial charge in [0.05, 0.1) is 0 Å². The second-order valence-corrected chi connectivity index (χ2v) is 6.76. The number of nitrogens with one attached hydrogen (secondary N) is 1. The number of rotatable bonds is 4. The Hall–Kier alpha value is -0.820. The highest BCUT2D eigenvalue weighted by Crippen LogP contribution is 2.27. The van der Waals surface area contributed by atoms with Gasteiger partial charge in [0, 0.05) is 5.54 Å². The molecule has 1 rings (SSSR count). The van der Waals surface area contributed by atoms with Crippen molar-refractivity contribution in [2.75, 3.05) is 6.54 Å². The van der Waals surface area contributed by atoms with E-state index in [-0.39, 0.29) is 5.54 Å². The molecule has 1 nitrogen and oxygen atoms in total. The molecule has 0 aliphatic heterocycles. The van der Waals surface area contributed by atoms with E-state index in [1.165, 1.54) is 16.7 Å². The summed E-state index contributed by atoms with van der Waals surface area (Å²) in [5.74, 6) is 1.24. The fourth-order valence-electron chi connectivity index (χ4n) is 2.20. The Bertz CT molecular complexity index is 387. The fraction of sp³-hybridized carbons (Fsp3) is 0.647. The van der Waals surface area contributed by atoms with Gasteiger partial charge in [-0.2, -0.15) is 0 Å². The highest BCUT2D eigenvalue weighted by molar-refractivity contribution is 5.33. The summed E-state index contributed by atoms with van der Waals surface area (Å²) in [7, 11) is 0. The maximum Gasteiger partial charge on any atom is 0.00966 e. The van der Waals surface area contributed by atoms with Crippen molar-refractivity contribution in [1.82, 2.24) is 5.32 Å². The minimum atomic E-state index is 0.204. The van der Waals surface area contributed by atoms with Crippen molar-refractivity contribution >= 4 is 0 Å². The minimum Gasteiger partial charge on any atom is -0.312 e. The SMILES string of the molecule is Cc1ccc(C)c(C(C)C(C)CNC(C)(C)C)c1. The summed E-state index contributed by atoms with van der Waals surface area (Å²) in [6.45, 7) is 16.8. The summed E-state index contributed by atoms with van der Waals surface area (Å²) >= 11 is 0. The van der Waals surface area contributed by atoms with E-state index >= 15 is 0 Å². The second kappa shape index (κ2) is 5.88. The highest BCUT2D eigenvalue weighted by atomic mass is 14.9. The third-order valence-corrected chi connectivity index (χ3v) is 3.73. The first-order valence-electron chi connectivity index (χ1n) is 7.03. The molecular formula is C17H29N. The van der Waals surface area contributed by atoms with Crippen LogP contribution in [0.3, 0.4) is 0 Å². The molecule has 0 radical (unpaired) electrons. The van der Waals surface area contributed by atoms with Crippen LogP contribution in [0.2, 0.25) is 0 Å². The molecule has 0 amide bonds. The van der Waals surface area contributed by atoms with Crippen molar-refractivity contribution in [2.24, 2.45) is 5.92 Å². The Kier molecular flexibility index (Phi) is 4.98. The average molecular weight is 247 g/mol. The zero-order valence-electron chi connectivity index (χ0n) is 13.1. The van der Waals surface area contributed by atoms with Crippen LogP contribution in [0.1, 0.15) is 57.2 Å². The highest BCUT2D eigenvalue weighted by Gasteiger charge is 2.18. The van der Waals surface area contributed by atoms with E-state index < -0.39 is 0 Å². The van der Waals surface area contributed by atoms with Gasteiger partial charge in [-0.15, -0.1) is 0 Å². The maximum absolute atomic E-state index is 3.61. The van der Waals surface area contributed by atoms with Gasteiger partial charge in [-0.3, -0.25) is 0 Å². The van der Waals surface area contributed by atoms with E-state index in [1.54, 1.807) is 0 Å². The Morgan fingerprint density at radius 3 is 2.28 bits per heavy atom. The molecule has 0 aliphatic carbocycles. The molecule has 0 bridgehead atoms. The van der Waals surface area contributed by atoms with Gasteiger partial charge in [-0.1, -0.05) is 37.6 Å². The second-order valence-electron chi connectivity index (χ2n) is 6.76. The molecule has 1 N–H and O–H groups in total. The first kappa shape index (κ1) is 15.2. The lowest BCUT2D eigenvalue weighted by Crippen LogP contribution is -2.39. The molecule has 2 unspecified atom stereocenters. The van der Waals surface area contributed by atoms with Crippen molar-refractivity contribution in [3.05, 3.63) is 34.9 Å². The van der Waals surface area contributed by atoms with Crippen LogP contribution < -0.4 is 5.32 Å². The fourth-order valence-corrected chi connectivity index (χ4v) is 2.20. The topological polar surface area (TPSA) is 12.0 Å². The largest absolute Gasteiger partial charge is 0.312 e. The van der Waals surface area contributed by atoms with Crippen LogP contribution in [0.15, 0.2) is 18.2 Å². The van der Waals surface area contributed by atoms with E-state index in [0.717, 1.165) is 6.54 Å². The van der Waals surface area contributed by atoms with Crippen molar-refractivity contribution in [2.45, 2.75) is 59.9 Å². The van der Waals surface area contributed by atoms with Crippen molar-refractivity contribution < 1.29 is 0 Å². The molecule has 1 aromatic rings. The van der Waals surface area contributed by atoms with E-state index in [1.807, 2.05) is 0 Å². The molecule has 0 fully saturated rings. The van der Waals surface area contributed by atoms with E-state index in [9.17, 15) is 0 Å². The van der Waals surface area contributed by atoms with Gasteiger partial charge < -0.3 is 5.32 Å². The number of hydrogen-bond donors (Lipinski definition) is 1. The molecule has 0 saturated heterocycles. The van der Waals surface area contributed by atoms with Crippen molar-refractivity contribution in [3.8, 4) is 0 Å². The smallest absolute Gasteiger partial charge is 0.00966 e. The molecule has 102 valence electrons. The standard InChI is InChI=1S/C17H29N/c1-12-8-9-13(2)16(10-12)15(4)14(3)11-18-17(5,6)7/h8-10,14-15,18H,11H2,1-7H3. The van der Waals surface area contributed by atoms with Crippen LogP contribution in [0.25, 0.3) is 0 Å². The van der Waals surface area contributed by atoms with Gasteiger partial charge in [0.15, 0.2) is 0 Å². The van der Waals surface area contributed by atoms with E-state index in [0.29, 0.717) is 11.8 Å². The predicted octanol–water partition coefficient (Wildman–Crippen LogP) is 4.43. The third-order valence-electron chi connectivity index (χ3n) is 3.73. The summed E-state index contributed by atoms with van der Waals surface area (Å²) in [6.07, 6.45) is 0. The van der Waals surface area contributed by atoms with Gasteiger partial charge in [0.2, 0.25) is 0 Å². The molecule has 18 heavy (non-hydrogen) atoms. The first-order chi connectivity index (χ1) is 8.20. The molecule has 1 heteroatoms. The molecule has 2 atom stereocenters. The van der Waals surface area contributed by atoms with Gasteiger partial charge in [-0.05, 0) is 64.1 Å². The third kappa shape index (κ3) is 4.45. The summed E-state index contributed by atoms with van der Waals surface area (Å²) in [5.41, 5.74) is 4.47. The zero-order chi connectivity index (χ0) is 13.9. The molecule has 0 aliphatic rings. The van der Waals surface area contributed by atoms with Crippen LogP contribution in [-0.2, 0) is 0 Å². The zero-order valence-corrected chi connectivity index (χ0v) is 13.1. The molecule has 1 aromatic carbocycles. The summed E-state index contributed by atoms with van der Waals surface area (Å²) in [6, 6.07) is 6.78. The molecule has 0 aromatic heterocycles. The van der Waals surface area contributed by atoms with Gasteiger partial charge in [0.25, 0.3) is 0 Å². The minimum absolute atomic E-state index is 0.204. The van der Waals surface area contributed by atoms with Gasteiger partial charge >= 0.3 is 0 Å². The number of aryl methyl sites for hydroxylation is 2. The first-order valence-corrected chi connectivity index (χ1v) is 7.03. The maximum atomic E-state index is 3.61. The molecular weight excluding hydrogens is 218 g/mol. The molecule has 0 saturated carbocycles.